The minimum atomic E-state index is 0.552. The van der Waals surface area contributed by atoms with Gasteiger partial charge in [0.15, 0.2) is 0 Å². The zero-order valence-corrected chi connectivity index (χ0v) is 11.5. The van der Waals surface area contributed by atoms with Gasteiger partial charge in [-0.2, -0.15) is 5.26 Å². The van der Waals surface area contributed by atoms with Crippen LogP contribution in [0.1, 0.15) is 44.2 Å². The molecule has 0 radical (unpaired) electrons. The van der Waals surface area contributed by atoms with Gasteiger partial charge in [0.2, 0.25) is 0 Å². The van der Waals surface area contributed by atoms with Crippen molar-refractivity contribution in [1.82, 2.24) is 0 Å². The van der Waals surface area contributed by atoms with Crippen molar-refractivity contribution in [1.29, 1.82) is 5.26 Å². The van der Waals surface area contributed by atoms with Crippen molar-refractivity contribution in [2.75, 3.05) is 5.32 Å². The van der Waals surface area contributed by atoms with Gasteiger partial charge in [-0.05, 0) is 55.7 Å². The van der Waals surface area contributed by atoms with Crippen molar-refractivity contribution in [3.63, 3.8) is 0 Å². The van der Waals surface area contributed by atoms with E-state index in [4.69, 9.17) is 5.26 Å². The Morgan fingerprint density at radius 1 is 1.17 bits per heavy atom. The third kappa shape index (κ3) is 3.04. The summed E-state index contributed by atoms with van der Waals surface area (Å²) >= 11 is 0. The largest absolute Gasteiger partial charge is 0.382 e. The Morgan fingerprint density at radius 3 is 2.44 bits per heavy atom. The number of nitriles is 1. The molecular weight excluding hydrogens is 220 g/mol. The molecule has 1 N–H and O–H groups in total. The predicted octanol–water partition coefficient (Wildman–Crippen LogP) is 4.10. The van der Waals surface area contributed by atoms with Gasteiger partial charge in [0.25, 0.3) is 0 Å². The summed E-state index contributed by atoms with van der Waals surface area (Å²) < 4.78 is 0. The zero-order chi connectivity index (χ0) is 13.1. The number of nitrogens with one attached hydrogen (secondary N) is 1. The van der Waals surface area contributed by atoms with E-state index in [-0.39, 0.29) is 0 Å². The smallest absolute Gasteiger partial charge is 0.0992 e. The van der Waals surface area contributed by atoms with Crippen molar-refractivity contribution in [2.45, 2.75) is 46.1 Å². The molecule has 18 heavy (non-hydrogen) atoms. The van der Waals surface area contributed by atoms with Crippen molar-refractivity contribution < 1.29 is 0 Å². The third-order valence-corrected chi connectivity index (χ3v) is 3.90. The summed E-state index contributed by atoms with van der Waals surface area (Å²) in [7, 11) is 0. The van der Waals surface area contributed by atoms with E-state index in [0.717, 1.165) is 23.1 Å². The molecule has 2 atom stereocenters. The van der Waals surface area contributed by atoms with Crippen LogP contribution in [-0.2, 0) is 0 Å². The Kier molecular flexibility index (Phi) is 3.91. The van der Waals surface area contributed by atoms with Gasteiger partial charge in [-0.3, -0.25) is 0 Å². The molecule has 2 heteroatoms. The molecule has 0 heterocycles. The summed E-state index contributed by atoms with van der Waals surface area (Å²) in [6.45, 7) is 6.77. The second kappa shape index (κ2) is 5.44. The first-order valence-electron chi connectivity index (χ1n) is 6.85. The lowest BCUT2D eigenvalue weighted by atomic mass is 9.80. The molecule has 0 aliphatic heterocycles. The molecule has 1 aromatic rings. The van der Waals surface area contributed by atoms with Crippen molar-refractivity contribution in [2.24, 2.45) is 11.8 Å². The van der Waals surface area contributed by atoms with Gasteiger partial charge in [0.1, 0.15) is 0 Å². The SMILES string of the molecule is Cc1ccc(C#N)cc1NC1CC(C)CC(C)C1. The average molecular weight is 242 g/mol. The van der Waals surface area contributed by atoms with Crippen molar-refractivity contribution >= 4 is 5.69 Å². The summed E-state index contributed by atoms with van der Waals surface area (Å²) in [6, 6.07) is 8.64. The van der Waals surface area contributed by atoms with Crippen LogP contribution in [-0.4, -0.2) is 6.04 Å². The Hall–Kier alpha value is -1.49. The fourth-order valence-corrected chi connectivity index (χ4v) is 3.13. The fourth-order valence-electron chi connectivity index (χ4n) is 3.13. The Balaban J connectivity index is 2.11. The summed E-state index contributed by atoms with van der Waals surface area (Å²) in [5, 5.41) is 12.6. The topological polar surface area (TPSA) is 35.8 Å². The van der Waals surface area contributed by atoms with Crippen LogP contribution in [0.5, 0.6) is 0 Å². The van der Waals surface area contributed by atoms with Crippen LogP contribution in [0, 0.1) is 30.1 Å². The number of hydrogen-bond donors (Lipinski definition) is 1. The number of rotatable bonds is 2. The zero-order valence-electron chi connectivity index (χ0n) is 11.5. The second-order valence-corrected chi connectivity index (χ2v) is 5.90. The maximum Gasteiger partial charge on any atom is 0.0992 e. The van der Waals surface area contributed by atoms with Crippen LogP contribution in [0.4, 0.5) is 5.69 Å². The van der Waals surface area contributed by atoms with E-state index in [1.807, 2.05) is 18.2 Å². The Labute approximate surface area is 110 Å². The number of aryl methyl sites for hydroxylation is 1. The summed E-state index contributed by atoms with van der Waals surface area (Å²) in [6.07, 6.45) is 3.82. The van der Waals surface area contributed by atoms with E-state index >= 15 is 0 Å². The highest BCUT2D eigenvalue weighted by Crippen LogP contribution is 2.31. The maximum absolute atomic E-state index is 8.97. The van der Waals surface area contributed by atoms with Gasteiger partial charge < -0.3 is 5.32 Å². The van der Waals surface area contributed by atoms with Crippen LogP contribution in [0.15, 0.2) is 18.2 Å². The summed E-state index contributed by atoms with van der Waals surface area (Å²) in [4.78, 5) is 0. The highest BCUT2D eigenvalue weighted by Gasteiger charge is 2.23. The molecule has 1 aromatic carbocycles. The quantitative estimate of drug-likeness (QED) is 0.847. The minimum absolute atomic E-state index is 0.552. The number of anilines is 1. The monoisotopic (exact) mass is 242 g/mol. The molecule has 1 fully saturated rings. The lowest BCUT2D eigenvalue weighted by Gasteiger charge is -2.33. The number of hydrogen-bond acceptors (Lipinski definition) is 2. The molecule has 2 unspecified atom stereocenters. The lowest BCUT2D eigenvalue weighted by Crippen LogP contribution is -2.30. The molecule has 0 bridgehead atoms. The maximum atomic E-state index is 8.97. The highest BCUT2D eigenvalue weighted by molar-refractivity contribution is 5.55. The number of benzene rings is 1. The van der Waals surface area contributed by atoms with Gasteiger partial charge in [-0.25, -0.2) is 0 Å². The fraction of sp³-hybridized carbons (Fsp3) is 0.562. The normalized spacial score (nSPS) is 27.6. The Morgan fingerprint density at radius 2 is 1.83 bits per heavy atom. The van der Waals surface area contributed by atoms with E-state index in [2.05, 4.69) is 32.2 Å². The molecule has 96 valence electrons. The van der Waals surface area contributed by atoms with E-state index in [0.29, 0.717) is 6.04 Å². The van der Waals surface area contributed by atoms with Gasteiger partial charge in [0, 0.05) is 11.7 Å². The van der Waals surface area contributed by atoms with E-state index in [9.17, 15) is 0 Å². The molecule has 1 aliphatic carbocycles. The van der Waals surface area contributed by atoms with Crippen LogP contribution in [0.2, 0.25) is 0 Å². The molecule has 0 amide bonds. The average Bonchev–Trinajstić information content (AvgIpc) is 2.30. The van der Waals surface area contributed by atoms with Crippen LogP contribution in [0.25, 0.3) is 0 Å². The minimum Gasteiger partial charge on any atom is -0.382 e. The van der Waals surface area contributed by atoms with Gasteiger partial charge in [0.05, 0.1) is 11.6 Å². The van der Waals surface area contributed by atoms with Crippen molar-refractivity contribution in [3.8, 4) is 6.07 Å². The second-order valence-electron chi connectivity index (χ2n) is 5.90. The molecule has 1 saturated carbocycles. The standard InChI is InChI=1S/C16H22N2/c1-11-6-12(2)8-15(7-11)18-16-9-14(10-17)5-4-13(16)3/h4-5,9,11-12,15,18H,6-8H2,1-3H3. The molecule has 1 aliphatic rings. The van der Waals surface area contributed by atoms with E-state index in [1.165, 1.54) is 24.8 Å². The van der Waals surface area contributed by atoms with Crippen LogP contribution in [0.3, 0.4) is 0 Å². The van der Waals surface area contributed by atoms with E-state index < -0.39 is 0 Å². The van der Waals surface area contributed by atoms with Gasteiger partial charge in [-0.1, -0.05) is 19.9 Å². The summed E-state index contributed by atoms with van der Waals surface area (Å²) in [5.41, 5.74) is 3.08. The highest BCUT2D eigenvalue weighted by atomic mass is 14.9. The molecule has 0 aromatic heterocycles. The van der Waals surface area contributed by atoms with E-state index in [1.54, 1.807) is 0 Å². The third-order valence-electron chi connectivity index (χ3n) is 3.90. The first-order valence-corrected chi connectivity index (χ1v) is 6.85. The van der Waals surface area contributed by atoms with Gasteiger partial charge >= 0.3 is 0 Å². The summed E-state index contributed by atoms with van der Waals surface area (Å²) in [5.74, 6) is 1.59. The molecular formula is C16H22N2. The van der Waals surface area contributed by atoms with Crippen LogP contribution >= 0.6 is 0 Å². The lowest BCUT2D eigenvalue weighted by molar-refractivity contribution is 0.281. The molecule has 0 saturated heterocycles. The number of nitrogens with zero attached hydrogens (tertiary/aromatic N) is 1. The van der Waals surface area contributed by atoms with Crippen LogP contribution < -0.4 is 5.32 Å². The predicted molar refractivity (Wildman–Crippen MR) is 75.5 cm³/mol. The van der Waals surface area contributed by atoms with Gasteiger partial charge in [-0.15, -0.1) is 0 Å². The molecule has 2 nitrogen and oxygen atoms in total. The first-order chi connectivity index (χ1) is 8.58. The molecule has 0 spiro atoms. The molecule has 2 rings (SSSR count). The van der Waals surface area contributed by atoms with Crippen molar-refractivity contribution in [3.05, 3.63) is 29.3 Å². The Bertz CT molecular complexity index is 449. The first kappa shape index (κ1) is 13.0.